The number of carbonyl (C=O) groups is 2. The zero-order valence-corrected chi connectivity index (χ0v) is 13.8. The first-order valence-corrected chi connectivity index (χ1v) is 8.17. The third kappa shape index (κ3) is 4.60. The molecule has 3 nitrogen and oxygen atoms in total. The Labute approximate surface area is 124 Å². The molecule has 0 aromatic rings. The molecule has 0 N–H and O–H groups in total. The molecular formula is C17H31NO2. The Bertz CT molecular complexity index is 336. The lowest BCUT2D eigenvalue weighted by molar-refractivity contribution is -0.133. The van der Waals surface area contributed by atoms with Crippen LogP contribution in [0.5, 0.6) is 0 Å². The Morgan fingerprint density at radius 3 is 2.35 bits per heavy atom. The van der Waals surface area contributed by atoms with Gasteiger partial charge in [0.25, 0.3) is 0 Å². The molecule has 1 amide bonds. The molecule has 0 saturated carbocycles. The van der Waals surface area contributed by atoms with E-state index >= 15 is 0 Å². The van der Waals surface area contributed by atoms with Crippen molar-refractivity contribution in [2.24, 2.45) is 17.8 Å². The van der Waals surface area contributed by atoms with Crippen molar-refractivity contribution < 1.29 is 9.59 Å². The number of amides is 1. The van der Waals surface area contributed by atoms with E-state index in [0.29, 0.717) is 30.1 Å². The summed E-state index contributed by atoms with van der Waals surface area (Å²) < 4.78 is 0. The molecule has 116 valence electrons. The summed E-state index contributed by atoms with van der Waals surface area (Å²) in [6.45, 7) is 11.2. The van der Waals surface area contributed by atoms with E-state index in [1.807, 2.05) is 13.8 Å². The molecule has 2 unspecified atom stereocenters. The van der Waals surface area contributed by atoms with Crippen LogP contribution < -0.4 is 0 Å². The van der Waals surface area contributed by atoms with Crippen LogP contribution in [0, 0.1) is 17.8 Å². The molecule has 1 aliphatic rings. The first-order chi connectivity index (χ1) is 9.34. The summed E-state index contributed by atoms with van der Waals surface area (Å²) >= 11 is 0. The number of hydrogen-bond acceptors (Lipinski definition) is 2. The number of nitrogens with zero attached hydrogens (tertiary/aromatic N) is 1. The van der Waals surface area contributed by atoms with E-state index in [4.69, 9.17) is 0 Å². The lowest BCUT2D eigenvalue weighted by atomic mass is 9.93. The SMILES string of the molecule is CC(C)C(=O)CCCCCN1C(=O)C(C(C)C)CC1C. The molecule has 0 aromatic heterocycles. The predicted molar refractivity (Wildman–Crippen MR) is 82.4 cm³/mol. The van der Waals surface area contributed by atoms with Gasteiger partial charge in [0.2, 0.25) is 5.91 Å². The van der Waals surface area contributed by atoms with E-state index in [9.17, 15) is 9.59 Å². The van der Waals surface area contributed by atoms with Gasteiger partial charge in [-0.3, -0.25) is 9.59 Å². The summed E-state index contributed by atoms with van der Waals surface area (Å²) in [5.74, 6) is 1.51. The van der Waals surface area contributed by atoms with Gasteiger partial charge in [-0.1, -0.05) is 34.1 Å². The van der Waals surface area contributed by atoms with Crippen LogP contribution in [0.4, 0.5) is 0 Å². The van der Waals surface area contributed by atoms with Crippen molar-refractivity contribution in [3.8, 4) is 0 Å². The van der Waals surface area contributed by atoms with Crippen LogP contribution in [0.25, 0.3) is 0 Å². The van der Waals surface area contributed by atoms with Crippen LogP contribution >= 0.6 is 0 Å². The first kappa shape index (κ1) is 17.2. The lowest BCUT2D eigenvalue weighted by Crippen LogP contribution is -2.33. The molecule has 0 radical (unpaired) electrons. The Kier molecular flexibility index (Phi) is 6.70. The Morgan fingerprint density at radius 1 is 1.20 bits per heavy atom. The maximum atomic E-state index is 12.3. The van der Waals surface area contributed by atoms with Crippen molar-refractivity contribution in [2.75, 3.05) is 6.54 Å². The molecule has 0 spiro atoms. The fraction of sp³-hybridized carbons (Fsp3) is 0.882. The first-order valence-electron chi connectivity index (χ1n) is 8.17. The second-order valence-electron chi connectivity index (χ2n) is 6.90. The van der Waals surface area contributed by atoms with Crippen molar-refractivity contribution in [1.82, 2.24) is 4.90 Å². The van der Waals surface area contributed by atoms with E-state index in [1.54, 1.807) is 0 Å². The molecule has 1 heterocycles. The highest BCUT2D eigenvalue weighted by molar-refractivity contribution is 5.81. The van der Waals surface area contributed by atoms with E-state index in [0.717, 1.165) is 32.2 Å². The van der Waals surface area contributed by atoms with Crippen LogP contribution in [0.3, 0.4) is 0 Å². The molecule has 1 rings (SSSR count). The van der Waals surface area contributed by atoms with Crippen LogP contribution in [0.1, 0.15) is 66.7 Å². The van der Waals surface area contributed by atoms with Crippen LogP contribution in [0.2, 0.25) is 0 Å². The van der Waals surface area contributed by atoms with Crippen molar-refractivity contribution in [3.63, 3.8) is 0 Å². The average molecular weight is 281 g/mol. The molecule has 0 aliphatic carbocycles. The van der Waals surface area contributed by atoms with E-state index in [1.165, 1.54) is 0 Å². The standard InChI is InChI=1S/C17H31NO2/c1-12(2)15-11-14(5)18(17(15)20)10-8-6-7-9-16(19)13(3)4/h12-15H,6-11H2,1-5H3. The quantitative estimate of drug-likeness (QED) is 0.637. The topological polar surface area (TPSA) is 37.4 Å². The Morgan fingerprint density at radius 2 is 1.85 bits per heavy atom. The second-order valence-corrected chi connectivity index (χ2v) is 6.90. The minimum atomic E-state index is 0.155. The van der Waals surface area contributed by atoms with Crippen LogP contribution in [-0.2, 0) is 9.59 Å². The van der Waals surface area contributed by atoms with Gasteiger partial charge < -0.3 is 4.90 Å². The van der Waals surface area contributed by atoms with Crippen molar-refractivity contribution in [2.45, 2.75) is 72.8 Å². The van der Waals surface area contributed by atoms with Gasteiger partial charge in [0.05, 0.1) is 0 Å². The summed E-state index contributed by atoms with van der Waals surface area (Å²) in [7, 11) is 0. The molecule has 1 saturated heterocycles. The summed E-state index contributed by atoms with van der Waals surface area (Å²) in [4.78, 5) is 25.9. The minimum Gasteiger partial charge on any atom is -0.340 e. The normalized spacial score (nSPS) is 23.1. The number of rotatable bonds is 8. The summed E-state index contributed by atoms with van der Waals surface area (Å²) in [5, 5.41) is 0. The predicted octanol–water partition coefficient (Wildman–Crippen LogP) is 3.66. The zero-order chi connectivity index (χ0) is 15.3. The fourth-order valence-corrected chi connectivity index (χ4v) is 2.96. The smallest absolute Gasteiger partial charge is 0.226 e. The fourth-order valence-electron chi connectivity index (χ4n) is 2.96. The van der Waals surface area contributed by atoms with Crippen LogP contribution in [-0.4, -0.2) is 29.2 Å². The van der Waals surface area contributed by atoms with Crippen molar-refractivity contribution in [1.29, 1.82) is 0 Å². The number of ketones is 1. The Balaban J connectivity index is 2.25. The molecule has 0 aromatic carbocycles. The van der Waals surface area contributed by atoms with Gasteiger partial charge in [0.1, 0.15) is 5.78 Å². The summed E-state index contributed by atoms with van der Waals surface area (Å²) in [6, 6.07) is 0.382. The van der Waals surface area contributed by atoms with Gasteiger partial charge >= 0.3 is 0 Å². The van der Waals surface area contributed by atoms with Gasteiger partial charge in [-0.05, 0) is 32.1 Å². The molecule has 3 heteroatoms. The van der Waals surface area contributed by atoms with E-state index < -0.39 is 0 Å². The van der Waals surface area contributed by atoms with Gasteiger partial charge in [-0.2, -0.15) is 0 Å². The number of likely N-dealkylation sites (tertiary alicyclic amines) is 1. The van der Waals surface area contributed by atoms with Gasteiger partial charge in [0, 0.05) is 30.8 Å². The maximum absolute atomic E-state index is 12.3. The summed E-state index contributed by atoms with van der Waals surface area (Å²) in [6.07, 6.45) is 4.72. The highest BCUT2D eigenvalue weighted by Crippen LogP contribution is 2.30. The van der Waals surface area contributed by atoms with Crippen molar-refractivity contribution >= 4 is 11.7 Å². The number of unbranched alkanes of at least 4 members (excludes halogenated alkanes) is 2. The highest BCUT2D eigenvalue weighted by Gasteiger charge is 2.37. The molecule has 2 atom stereocenters. The van der Waals surface area contributed by atoms with Gasteiger partial charge in [-0.15, -0.1) is 0 Å². The number of hydrogen-bond donors (Lipinski definition) is 0. The third-order valence-corrected chi connectivity index (χ3v) is 4.50. The maximum Gasteiger partial charge on any atom is 0.226 e. The van der Waals surface area contributed by atoms with Crippen molar-refractivity contribution in [3.05, 3.63) is 0 Å². The molecular weight excluding hydrogens is 250 g/mol. The zero-order valence-electron chi connectivity index (χ0n) is 13.8. The number of Topliss-reactive ketones (excluding diaryl/α,β-unsaturated/α-hetero) is 1. The van der Waals surface area contributed by atoms with Gasteiger partial charge in [-0.25, -0.2) is 0 Å². The largest absolute Gasteiger partial charge is 0.340 e. The second kappa shape index (κ2) is 7.80. The number of carbonyl (C=O) groups excluding carboxylic acids is 2. The Hall–Kier alpha value is -0.860. The molecule has 1 fully saturated rings. The highest BCUT2D eigenvalue weighted by atomic mass is 16.2. The lowest BCUT2D eigenvalue weighted by Gasteiger charge is -2.22. The average Bonchev–Trinajstić information content (AvgIpc) is 2.65. The monoisotopic (exact) mass is 281 g/mol. The minimum absolute atomic E-state index is 0.155. The van der Waals surface area contributed by atoms with E-state index in [-0.39, 0.29) is 11.8 Å². The molecule has 20 heavy (non-hydrogen) atoms. The third-order valence-electron chi connectivity index (χ3n) is 4.50. The molecule has 1 aliphatic heterocycles. The van der Waals surface area contributed by atoms with Crippen LogP contribution in [0.15, 0.2) is 0 Å². The van der Waals surface area contributed by atoms with Gasteiger partial charge in [0.15, 0.2) is 0 Å². The summed E-state index contributed by atoms with van der Waals surface area (Å²) in [5.41, 5.74) is 0. The molecule has 0 bridgehead atoms. The van der Waals surface area contributed by atoms with E-state index in [2.05, 4.69) is 25.7 Å².